The van der Waals surface area contributed by atoms with Crippen molar-refractivity contribution in [2.75, 3.05) is 5.32 Å². The van der Waals surface area contributed by atoms with Gasteiger partial charge in [-0.15, -0.1) is 0 Å². The third kappa shape index (κ3) is 6.04. The molecule has 0 aliphatic rings. The lowest BCUT2D eigenvalue weighted by molar-refractivity contribution is -0.114. The molecule has 0 aliphatic heterocycles. The summed E-state index contributed by atoms with van der Waals surface area (Å²) in [7, 11) is 0. The minimum atomic E-state index is -0.379. The Balaban J connectivity index is 1.63. The van der Waals surface area contributed by atoms with E-state index in [9.17, 15) is 9.59 Å². The largest absolute Gasteiger partial charge is 0.488 e. The molecule has 0 saturated heterocycles. The summed E-state index contributed by atoms with van der Waals surface area (Å²) in [6, 6.07) is 24.0. The molecule has 0 fully saturated rings. The molecule has 0 bridgehead atoms. The fraction of sp³-hybridized carbons (Fsp3) is 0.0870. The van der Waals surface area contributed by atoms with E-state index in [0.717, 1.165) is 11.1 Å². The molecule has 2 N–H and O–H groups in total. The highest BCUT2D eigenvalue weighted by molar-refractivity contribution is 5.97. The Morgan fingerprint density at radius 1 is 0.966 bits per heavy atom. The molecular weight excluding hydrogens is 366 g/mol. The Kier molecular flexibility index (Phi) is 6.73. The summed E-state index contributed by atoms with van der Waals surface area (Å²) < 4.78 is 5.87. The molecule has 0 radical (unpaired) electrons. The number of nitrogens with one attached hydrogen (secondary N) is 2. The quantitative estimate of drug-likeness (QED) is 0.475. The average Bonchev–Trinajstić information content (AvgIpc) is 2.73. The molecule has 0 saturated carbocycles. The highest BCUT2D eigenvalue weighted by Crippen LogP contribution is 2.17. The van der Waals surface area contributed by atoms with Crippen LogP contribution in [0.4, 0.5) is 5.69 Å². The molecule has 2 amide bonds. The van der Waals surface area contributed by atoms with Gasteiger partial charge in [0, 0.05) is 23.7 Å². The number of benzene rings is 3. The van der Waals surface area contributed by atoms with Gasteiger partial charge in [0.2, 0.25) is 5.91 Å². The first-order chi connectivity index (χ1) is 14.1. The maximum atomic E-state index is 12.3. The summed E-state index contributed by atoms with van der Waals surface area (Å²) in [4.78, 5) is 23.5. The second-order valence-corrected chi connectivity index (χ2v) is 6.27. The van der Waals surface area contributed by atoms with Gasteiger partial charge in [-0.1, -0.05) is 48.5 Å². The van der Waals surface area contributed by atoms with Crippen LogP contribution in [0.1, 0.15) is 28.4 Å². The van der Waals surface area contributed by atoms with Gasteiger partial charge in [0.15, 0.2) is 0 Å². The molecule has 6 heteroatoms. The molecule has 29 heavy (non-hydrogen) atoms. The summed E-state index contributed by atoms with van der Waals surface area (Å²) >= 11 is 0. The van der Waals surface area contributed by atoms with Gasteiger partial charge in [-0.25, -0.2) is 5.43 Å². The Morgan fingerprint density at radius 3 is 2.52 bits per heavy atom. The number of hydrogen-bond donors (Lipinski definition) is 2. The number of carbonyl (C=O) groups is 2. The van der Waals surface area contributed by atoms with E-state index in [1.165, 1.54) is 13.1 Å². The zero-order valence-corrected chi connectivity index (χ0v) is 16.0. The molecule has 146 valence electrons. The van der Waals surface area contributed by atoms with E-state index in [4.69, 9.17) is 4.74 Å². The third-order valence-electron chi connectivity index (χ3n) is 3.97. The van der Waals surface area contributed by atoms with Crippen molar-refractivity contribution in [3.63, 3.8) is 0 Å². The Morgan fingerprint density at radius 2 is 1.72 bits per heavy atom. The van der Waals surface area contributed by atoms with E-state index in [1.54, 1.807) is 24.3 Å². The van der Waals surface area contributed by atoms with Crippen molar-refractivity contribution < 1.29 is 14.3 Å². The highest BCUT2D eigenvalue weighted by atomic mass is 16.5. The van der Waals surface area contributed by atoms with Gasteiger partial charge in [-0.05, 0) is 35.9 Å². The van der Waals surface area contributed by atoms with Crippen molar-refractivity contribution in [1.82, 2.24) is 5.43 Å². The normalized spacial score (nSPS) is 10.5. The van der Waals surface area contributed by atoms with Crippen LogP contribution >= 0.6 is 0 Å². The fourth-order valence-electron chi connectivity index (χ4n) is 2.62. The standard InChI is InChI=1S/C23H21N3O3/c1-17(27)25-21-12-7-11-19(14-21)23(28)26-24-15-20-10-5-6-13-22(20)29-16-18-8-3-2-4-9-18/h2-15H,16H2,1H3,(H,25,27)(H,26,28)/b24-15-. The first-order valence-electron chi connectivity index (χ1n) is 9.08. The van der Waals surface area contributed by atoms with Crippen LogP contribution < -0.4 is 15.5 Å². The van der Waals surface area contributed by atoms with E-state index < -0.39 is 0 Å². The topological polar surface area (TPSA) is 79.8 Å². The monoisotopic (exact) mass is 387 g/mol. The van der Waals surface area contributed by atoms with Crippen molar-refractivity contribution in [3.8, 4) is 5.75 Å². The lowest BCUT2D eigenvalue weighted by Crippen LogP contribution is -2.18. The van der Waals surface area contributed by atoms with Gasteiger partial charge < -0.3 is 10.1 Å². The second kappa shape index (κ2) is 9.85. The average molecular weight is 387 g/mol. The first kappa shape index (κ1) is 19.8. The fourth-order valence-corrected chi connectivity index (χ4v) is 2.62. The van der Waals surface area contributed by atoms with Crippen molar-refractivity contribution in [3.05, 3.63) is 95.6 Å². The van der Waals surface area contributed by atoms with Gasteiger partial charge in [0.05, 0.1) is 6.21 Å². The zero-order chi connectivity index (χ0) is 20.5. The Labute approximate surface area is 169 Å². The van der Waals surface area contributed by atoms with Crippen LogP contribution in [0, 0.1) is 0 Å². The molecule has 0 aliphatic carbocycles. The molecule has 3 aromatic carbocycles. The summed E-state index contributed by atoms with van der Waals surface area (Å²) in [5.74, 6) is 0.0887. The number of carbonyl (C=O) groups excluding carboxylic acids is 2. The molecule has 0 spiro atoms. The van der Waals surface area contributed by atoms with Crippen molar-refractivity contribution >= 4 is 23.7 Å². The lowest BCUT2D eigenvalue weighted by Gasteiger charge is -2.09. The van der Waals surface area contributed by atoms with Crippen molar-refractivity contribution in [2.45, 2.75) is 13.5 Å². The number of hydrogen-bond acceptors (Lipinski definition) is 4. The van der Waals surface area contributed by atoms with Crippen LogP contribution in [-0.2, 0) is 11.4 Å². The molecule has 6 nitrogen and oxygen atoms in total. The van der Waals surface area contributed by atoms with E-state index in [-0.39, 0.29) is 11.8 Å². The summed E-state index contributed by atoms with van der Waals surface area (Å²) in [5.41, 5.74) is 5.24. The Hall–Kier alpha value is -3.93. The van der Waals surface area contributed by atoms with Crippen molar-refractivity contribution in [1.29, 1.82) is 0 Å². The van der Waals surface area contributed by atoms with Gasteiger partial charge in [0.1, 0.15) is 12.4 Å². The highest BCUT2D eigenvalue weighted by Gasteiger charge is 2.06. The predicted octanol–water partition coefficient (Wildman–Crippen LogP) is 3.99. The number of nitrogens with zero attached hydrogens (tertiary/aromatic N) is 1. The lowest BCUT2D eigenvalue weighted by atomic mass is 10.2. The predicted molar refractivity (Wildman–Crippen MR) is 113 cm³/mol. The molecule has 3 aromatic rings. The smallest absolute Gasteiger partial charge is 0.271 e. The van der Waals surface area contributed by atoms with E-state index in [0.29, 0.717) is 23.6 Å². The van der Waals surface area contributed by atoms with Crippen LogP contribution in [0.2, 0.25) is 0 Å². The number of amides is 2. The molecule has 0 unspecified atom stereocenters. The van der Waals surface area contributed by atoms with Crippen LogP contribution in [0.15, 0.2) is 84.0 Å². The van der Waals surface area contributed by atoms with Crippen LogP contribution in [0.3, 0.4) is 0 Å². The maximum absolute atomic E-state index is 12.3. The van der Waals surface area contributed by atoms with Crippen molar-refractivity contribution in [2.24, 2.45) is 5.10 Å². The van der Waals surface area contributed by atoms with Crippen LogP contribution in [-0.4, -0.2) is 18.0 Å². The number of rotatable bonds is 7. The number of para-hydroxylation sites is 1. The minimum absolute atomic E-state index is 0.201. The van der Waals surface area contributed by atoms with Gasteiger partial charge >= 0.3 is 0 Å². The van der Waals surface area contributed by atoms with E-state index in [1.807, 2.05) is 54.6 Å². The zero-order valence-electron chi connectivity index (χ0n) is 16.0. The summed E-state index contributed by atoms with van der Waals surface area (Å²) in [5, 5.41) is 6.68. The van der Waals surface area contributed by atoms with Crippen LogP contribution in [0.25, 0.3) is 0 Å². The molecule has 0 aromatic heterocycles. The Bertz CT molecular complexity index is 1020. The van der Waals surface area contributed by atoms with E-state index >= 15 is 0 Å². The summed E-state index contributed by atoms with van der Waals surface area (Å²) in [6.07, 6.45) is 1.54. The molecule has 0 atom stereocenters. The summed E-state index contributed by atoms with van der Waals surface area (Å²) in [6.45, 7) is 1.85. The van der Waals surface area contributed by atoms with Gasteiger partial charge in [-0.2, -0.15) is 5.10 Å². The number of hydrazone groups is 1. The molecule has 0 heterocycles. The first-order valence-corrected chi connectivity index (χ1v) is 9.08. The minimum Gasteiger partial charge on any atom is -0.488 e. The molecular formula is C23H21N3O3. The number of anilines is 1. The number of ether oxygens (including phenoxy) is 1. The molecule has 3 rings (SSSR count). The van der Waals surface area contributed by atoms with Gasteiger partial charge in [0.25, 0.3) is 5.91 Å². The second-order valence-electron chi connectivity index (χ2n) is 6.27. The van der Waals surface area contributed by atoms with E-state index in [2.05, 4.69) is 15.8 Å². The van der Waals surface area contributed by atoms with Gasteiger partial charge in [-0.3, -0.25) is 9.59 Å². The SMILES string of the molecule is CC(=O)Nc1cccc(C(=O)N/N=C\c2ccccc2OCc2ccccc2)c1. The van der Waals surface area contributed by atoms with Crippen LogP contribution in [0.5, 0.6) is 5.75 Å². The third-order valence-corrected chi connectivity index (χ3v) is 3.97. The maximum Gasteiger partial charge on any atom is 0.271 e.